The van der Waals surface area contributed by atoms with E-state index < -0.39 is 0 Å². The normalized spacial score (nSPS) is 11.3. The Hall–Kier alpha value is -3.55. The Labute approximate surface area is 181 Å². The largest absolute Gasteiger partial charge is 0.506 e. The van der Waals surface area contributed by atoms with Crippen LogP contribution in [0.15, 0.2) is 40.9 Å². The molecule has 0 saturated heterocycles. The van der Waals surface area contributed by atoms with Gasteiger partial charge in [0.1, 0.15) is 5.75 Å². The smallest absolute Gasteiger partial charge is 0.227 e. The number of phenolic OH excluding ortho intramolecular Hbond substituents is 1. The number of benzene rings is 2. The Morgan fingerprint density at radius 3 is 2.52 bits per heavy atom. The third-order valence-corrected chi connectivity index (χ3v) is 4.81. The minimum atomic E-state index is -0.257. The molecule has 0 aliphatic rings. The first-order valence-electron chi connectivity index (χ1n) is 9.89. The van der Waals surface area contributed by atoms with Gasteiger partial charge in [0.05, 0.1) is 19.9 Å². The van der Waals surface area contributed by atoms with Crippen LogP contribution in [0.3, 0.4) is 0 Å². The van der Waals surface area contributed by atoms with Gasteiger partial charge < -0.3 is 24.4 Å². The van der Waals surface area contributed by atoms with E-state index in [4.69, 9.17) is 14.0 Å². The summed E-state index contributed by atoms with van der Waals surface area (Å²) in [6, 6.07) is 10.5. The number of anilines is 1. The molecular formula is C23H27N3O5. The number of carbonyl (C=O) groups is 1. The molecule has 3 rings (SSSR count). The number of methoxy groups -OCH3 is 2. The van der Waals surface area contributed by atoms with Gasteiger partial charge in [0.2, 0.25) is 17.6 Å². The second-order valence-electron chi connectivity index (χ2n) is 8.11. The Morgan fingerprint density at radius 2 is 1.84 bits per heavy atom. The maximum Gasteiger partial charge on any atom is 0.227 e. The Kier molecular flexibility index (Phi) is 6.48. The molecule has 0 fully saturated rings. The lowest BCUT2D eigenvalue weighted by Crippen LogP contribution is -2.15. The Bertz CT molecular complexity index is 1070. The fraction of sp³-hybridized carbons (Fsp3) is 0.348. The highest BCUT2D eigenvalue weighted by atomic mass is 16.5. The molecule has 1 amide bonds. The summed E-state index contributed by atoms with van der Waals surface area (Å²) in [5, 5.41) is 16.8. The molecule has 8 nitrogen and oxygen atoms in total. The van der Waals surface area contributed by atoms with Crippen LogP contribution in [0.4, 0.5) is 5.69 Å². The zero-order valence-corrected chi connectivity index (χ0v) is 18.4. The van der Waals surface area contributed by atoms with E-state index in [0.29, 0.717) is 34.5 Å². The molecule has 0 unspecified atom stereocenters. The lowest BCUT2D eigenvalue weighted by Gasteiger charge is -2.20. The third-order valence-electron chi connectivity index (χ3n) is 4.81. The van der Waals surface area contributed by atoms with Crippen molar-refractivity contribution in [3.8, 4) is 28.6 Å². The lowest BCUT2D eigenvalue weighted by molar-refractivity contribution is -0.116. The standard InChI is InChI=1S/C23H27N3O5/c1-23(2,3)15-7-8-17(27)16(13-15)24-20(28)10-11-21-25-22(26-31-21)14-6-9-18(29-4)19(12-14)30-5/h6-9,12-13,27H,10-11H2,1-5H3,(H,24,28). The number of aromatic nitrogens is 2. The number of nitrogens with zero attached hydrogens (tertiary/aromatic N) is 2. The molecule has 8 heteroatoms. The second-order valence-corrected chi connectivity index (χ2v) is 8.11. The number of rotatable bonds is 7. The summed E-state index contributed by atoms with van der Waals surface area (Å²) in [7, 11) is 3.12. The number of hydrogen-bond acceptors (Lipinski definition) is 7. The van der Waals surface area contributed by atoms with Crippen LogP contribution in [0.1, 0.15) is 38.6 Å². The molecule has 164 valence electrons. The molecule has 0 radical (unpaired) electrons. The van der Waals surface area contributed by atoms with Crippen molar-refractivity contribution < 1.29 is 23.9 Å². The number of carbonyl (C=O) groups excluding carboxylic acids is 1. The van der Waals surface area contributed by atoms with Crippen molar-refractivity contribution in [1.29, 1.82) is 0 Å². The van der Waals surface area contributed by atoms with Crippen LogP contribution in [-0.4, -0.2) is 35.4 Å². The van der Waals surface area contributed by atoms with Gasteiger partial charge in [0.25, 0.3) is 0 Å². The van der Waals surface area contributed by atoms with Gasteiger partial charge in [-0.3, -0.25) is 4.79 Å². The van der Waals surface area contributed by atoms with Crippen LogP contribution in [0, 0.1) is 0 Å². The molecule has 0 bridgehead atoms. The molecule has 0 spiro atoms. The summed E-state index contributed by atoms with van der Waals surface area (Å²) in [5.74, 6) is 1.66. The number of amides is 1. The lowest BCUT2D eigenvalue weighted by atomic mass is 9.87. The molecule has 2 N–H and O–H groups in total. The van der Waals surface area contributed by atoms with Crippen molar-refractivity contribution in [2.45, 2.75) is 39.0 Å². The zero-order chi connectivity index (χ0) is 22.6. The molecule has 1 heterocycles. The van der Waals surface area contributed by atoms with E-state index in [9.17, 15) is 9.90 Å². The monoisotopic (exact) mass is 425 g/mol. The fourth-order valence-corrected chi connectivity index (χ4v) is 2.98. The molecule has 2 aromatic carbocycles. The van der Waals surface area contributed by atoms with Crippen LogP contribution < -0.4 is 14.8 Å². The van der Waals surface area contributed by atoms with Gasteiger partial charge in [-0.05, 0) is 41.3 Å². The maximum atomic E-state index is 12.4. The minimum absolute atomic E-state index is 0.0230. The van der Waals surface area contributed by atoms with E-state index in [1.807, 2.05) is 6.07 Å². The highest BCUT2D eigenvalue weighted by molar-refractivity contribution is 5.92. The van der Waals surface area contributed by atoms with Gasteiger partial charge in [-0.15, -0.1) is 0 Å². The molecule has 0 atom stereocenters. The highest BCUT2D eigenvalue weighted by Crippen LogP contribution is 2.32. The summed E-state index contributed by atoms with van der Waals surface area (Å²) < 4.78 is 15.8. The van der Waals surface area contributed by atoms with E-state index in [2.05, 4.69) is 36.2 Å². The van der Waals surface area contributed by atoms with Crippen molar-refractivity contribution in [2.75, 3.05) is 19.5 Å². The number of nitrogens with one attached hydrogen (secondary N) is 1. The minimum Gasteiger partial charge on any atom is -0.506 e. The van der Waals surface area contributed by atoms with Crippen LogP contribution in [0.5, 0.6) is 17.2 Å². The average molecular weight is 425 g/mol. The number of ether oxygens (including phenoxy) is 2. The van der Waals surface area contributed by atoms with Crippen molar-refractivity contribution in [1.82, 2.24) is 10.1 Å². The third kappa shape index (κ3) is 5.33. The molecule has 31 heavy (non-hydrogen) atoms. The van der Waals surface area contributed by atoms with Crippen molar-refractivity contribution in [3.05, 3.63) is 47.9 Å². The van der Waals surface area contributed by atoms with Gasteiger partial charge in [-0.25, -0.2) is 0 Å². The van der Waals surface area contributed by atoms with Gasteiger partial charge in [0.15, 0.2) is 11.5 Å². The highest BCUT2D eigenvalue weighted by Gasteiger charge is 2.17. The van der Waals surface area contributed by atoms with E-state index in [1.165, 1.54) is 0 Å². The molecule has 0 aliphatic carbocycles. The van der Waals surface area contributed by atoms with E-state index in [-0.39, 0.29) is 29.9 Å². The van der Waals surface area contributed by atoms with Crippen molar-refractivity contribution in [2.24, 2.45) is 0 Å². The van der Waals surface area contributed by atoms with Crippen LogP contribution in [-0.2, 0) is 16.6 Å². The van der Waals surface area contributed by atoms with Crippen molar-refractivity contribution >= 4 is 11.6 Å². The van der Waals surface area contributed by atoms with Crippen LogP contribution >= 0.6 is 0 Å². The van der Waals surface area contributed by atoms with E-state index in [0.717, 1.165) is 5.56 Å². The van der Waals surface area contributed by atoms with Crippen LogP contribution in [0.2, 0.25) is 0 Å². The molecule has 1 aromatic heterocycles. The summed E-state index contributed by atoms with van der Waals surface area (Å²) in [6.45, 7) is 6.20. The van der Waals surface area contributed by atoms with Gasteiger partial charge in [-0.1, -0.05) is 32.0 Å². The number of hydrogen-bond donors (Lipinski definition) is 2. The molecule has 0 saturated carbocycles. The molecule has 3 aromatic rings. The first-order chi connectivity index (χ1) is 14.7. The van der Waals surface area contributed by atoms with Crippen molar-refractivity contribution in [3.63, 3.8) is 0 Å². The van der Waals surface area contributed by atoms with Gasteiger partial charge >= 0.3 is 0 Å². The number of aryl methyl sites for hydroxylation is 1. The summed E-state index contributed by atoms with van der Waals surface area (Å²) >= 11 is 0. The Balaban J connectivity index is 1.64. The first-order valence-corrected chi connectivity index (χ1v) is 9.89. The topological polar surface area (TPSA) is 107 Å². The summed E-state index contributed by atoms with van der Waals surface area (Å²) in [5.41, 5.74) is 2.00. The SMILES string of the molecule is COc1ccc(-c2noc(CCC(=O)Nc3cc(C(C)(C)C)ccc3O)n2)cc1OC. The summed E-state index contributed by atoms with van der Waals surface area (Å²) in [6.07, 6.45) is 0.401. The van der Waals surface area contributed by atoms with E-state index in [1.54, 1.807) is 44.6 Å². The fourth-order valence-electron chi connectivity index (χ4n) is 2.98. The van der Waals surface area contributed by atoms with Gasteiger partial charge in [0, 0.05) is 18.4 Å². The summed E-state index contributed by atoms with van der Waals surface area (Å²) in [4.78, 5) is 16.7. The second kappa shape index (κ2) is 9.07. The molecular weight excluding hydrogens is 398 g/mol. The zero-order valence-electron chi connectivity index (χ0n) is 18.4. The first kappa shape index (κ1) is 22.1. The average Bonchev–Trinajstić information content (AvgIpc) is 3.21. The number of phenols is 1. The Morgan fingerprint density at radius 1 is 1.10 bits per heavy atom. The quantitative estimate of drug-likeness (QED) is 0.543. The van der Waals surface area contributed by atoms with E-state index >= 15 is 0 Å². The molecule has 0 aliphatic heterocycles. The number of aromatic hydroxyl groups is 1. The van der Waals surface area contributed by atoms with Gasteiger partial charge in [-0.2, -0.15) is 4.98 Å². The van der Waals surface area contributed by atoms with Crippen LogP contribution in [0.25, 0.3) is 11.4 Å². The maximum absolute atomic E-state index is 12.4. The predicted molar refractivity (Wildman–Crippen MR) is 117 cm³/mol. The predicted octanol–water partition coefficient (Wildman–Crippen LogP) is 4.33.